The first-order valence-corrected chi connectivity index (χ1v) is 6.26. The molecule has 0 unspecified atom stereocenters. The largest absolute Gasteiger partial charge is 0.399 e. The molecule has 2 rings (SSSR count). The Labute approximate surface area is 117 Å². The summed E-state index contributed by atoms with van der Waals surface area (Å²) >= 11 is 0. The van der Waals surface area contributed by atoms with Crippen molar-refractivity contribution in [2.45, 2.75) is 13.0 Å². The highest BCUT2D eigenvalue weighted by atomic mass is 19.1. The molecule has 20 heavy (non-hydrogen) atoms. The molecule has 0 amide bonds. The highest BCUT2D eigenvalue weighted by molar-refractivity contribution is 5.56. The molecule has 1 aromatic carbocycles. The molecule has 0 fully saturated rings. The molecule has 4 nitrogen and oxygen atoms in total. The van der Waals surface area contributed by atoms with Crippen molar-refractivity contribution in [3.05, 3.63) is 54.1 Å². The van der Waals surface area contributed by atoms with Gasteiger partial charge < -0.3 is 10.6 Å². The maximum atomic E-state index is 13.5. The van der Waals surface area contributed by atoms with E-state index in [4.69, 9.17) is 11.0 Å². The van der Waals surface area contributed by atoms with E-state index >= 15 is 0 Å². The smallest absolute Gasteiger partial charge is 0.127 e. The van der Waals surface area contributed by atoms with Crippen LogP contribution in [0.3, 0.4) is 0 Å². The molecule has 0 spiro atoms. The first-order valence-electron chi connectivity index (χ1n) is 6.26. The Balaban J connectivity index is 2.25. The lowest BCUT2D eigenvalue weighted by Crippen LogP contribution is -2.24. The molecule has 0 radical (unpaired) electrons. The number of nitriles is 1. The summed E-state index contributed by atoms with van der Waals surface area (Å²) in [5.74, 6) is -0.381. The van der Waals surface area contributed by atoms with Gasteiger partial charge in [0.1, 0.15) is 5.82 Å². The van der Waals surface area contributed by atoms with E-state index in [-0.39, 0.29) is 5.82 Å². The van der Waals surface area contributed by atoms with Crippen LogP contribution in [0, 0.1) is 17.1 Å². The Kier molecular flexibility index (Phi) is 4.51. The molecule has 0 bridgehead atoms. The number of halogens is 1. The number of benzene rings is 1. The van der Waals surface area contributed by atoms with Crippen molar-refractivity contribution in [1.29, 1.82) is 5.26 Å². The summed E-state index contributed by atoms with van der Waals surface area (Å²) in [6.45, 7) is 1.06. The third-order valence-corrected chi connectivity index (χ3v) is 2.86. The minimum absolute atomic E-state index is 0.358. The number of hydrogen-bond acceptors (Lipinski definition) is 4. The minimum Gasteiger partial charge on any atom is -0.399 e. The summed E-state index contributed by atoms with van der Waals surface area (Å²) in [6.07, 6.45) is 3.81. The SMILES string of the molecule is N#CCCN(Cc1cccnc1)c1cc(N)cc(F)c1. The number of nitrogens with zero attached hydrogens (tertiary/aromatic N) is 3. The number of pyridine rings is 1. The van der Waals surface area contributed by atoms with Crippen LogP contribution in [0.4, 0.5) is 15.8 Å². The van der Waals surface area contributed by atoms with Crippen LogP contribution in [-0.2, 0) is 6.54 Å². The molecule has 2 aromatic rings. The fraction of sp³-hybridized carbons (Fsp3) is 0.200. The van der Waals surface area contributed by atoms with Crippen LogP contribution < -0.4 is 10.6 Å². The predicted molar refractivity (Wildman–Crippen MR) is 76.3 cm³/mol. The number of nitrogen functional groups attached to an aromatic ring is 1. The summed E-state index contributed by atoms with van der Waals surface area (Å²) < 4.78 is 13.5. The van der Waals surface area contributed by atoms with E-state index in [2.05, 4.69) is 11.1 Å². The van der Waals surface area contributed by atoms with Crippen molar-refractivity contribution in [3.63, 3.8) is 0 Å². The predicted octanol–water partition coefficient (Wildman–Crippen LogP) is 2.72. The molecule has 0 aliphatic rings. The van der Waals surface area contributed by atoms with Gasteiger partial charge in [-0.2, -0.15) is 5.26 Å². The fourth-order valence-electron chi connectivity index (χ4n) is 1.98. The lowest BCUT2D eigenvalue weighted by atomic mass is 10.2. The third-order valence-electron chi connectivity index (χ3n) is 2.86. The van der Waals surface area contributed by atoms with Gasteiger partial charge >= 0.3 is 0 Å². The maximum Gasteiger partial charge on any atom is 0.127 e. The van der Waals surface area contributed by atoms with Crippen LogP contribution in [-0.4, -0.2) is 11.5 Å². The topological polar surface area (TPSA) is 65.9 Å². The van der Waals surface area contributed by atoms with E-state index < -0.39 is 0 Å². The molecule has 0 saturated carbocycles. The summed E-state index contributed by atoms with van der Waals surface area (Å²) in [5.41, 5.74) is 7.71. The standard InChI is InChI=1S/C15H15FN4/c16-13-7-14(18)9-15(8-13)20(6-2-4-17)11-12-3-1-5-19-10-12/h1,3,5,7-10H,2,6,11,18H2. The summed E-state index contributed by atoms with van der Waals surface area (Å²) in [4.78, 5) is 5.97. The van der Waals surface area contributed by atoms with Crippen molar-refractivity contribution in [3.8, 4) is 6.07 Å². The molecule has 2 N–H and O–H groups in total. The first kappa shape index (κ1) is 13.8. The van der Waals surface area contributed by atoms with E-state index in [1.807, 2.05) is 17.0 Å². The molecule has 1 aromatic heterocycles. The Hall–Kier alpha value is -2.61. The average molecular weight is 270 g/mol. The summed E-state index contributed by atoms with van der Waals surface area (Å²) in [6, 6.07) is 10.3. The van der Waals surface area contributed by atoms with Crippen LogP contribution in [0.2, 0.25) is 0 Å². The zero-order valence-corrected chi connectivity index (χ0v) is 11.0. The molecule has 1 heterocycles. The number of anilines is 2. The second kappa shape index (κ2) is 6.53. The van der Waals surface area contributed by atoms with Gasteiger partial charge in [-0.3, -0.25) is 4.98 Å². The molecule has 0 aliphatic carbocycles. The van der Waals surface area contributed by atoms with Gasteiger partial charge in [0.05, 0.1) is 12.5 Å². The van der Waals surface area contributed by atoms with Crippen LogP contribution in [0.1, 0.15) is 12.0 Å². The van der Waals surface area contributed by atoms with Crippen molar-refractivity contribution in [2.24, 2.45) is 0 Å². The van der Waals surface area contributed by atoms with Crippen LogP contribution in [0.5, 0.6) is 0 Å². The lowest BCUT2D eigenvalue weighted by molar-refractivity contribution is 0.627. The lowest BCUT2D eigenvalue weighted by Gasteiger charge is -2.24. The van der Waals surface area contributed by atoms with Crippen molar-refractivity contribution >= 4 is 11.4 Å². The normalized spacial score (nSPS) is 10.0. The highest BCUT2D eigenvalue weighted by Gasteiger charge is 2.09. The van der Waals surface area contributed by atoms with Gasteiger partial charge in [0.25, 0.3) is 0 Å². The zero-order chi connectivity index (χ0) is 14.4. The van der Waals surface area contributed by atoms with E-state index in [1.165, 1.54) is 12.1 Å². The Morgan fingerprint density at radius 3 is 2.85 bits per heavy atom. The molecular formula is C15H15FN4. The van der Waals surface area contributed by atoms with Crippen molar-refractivity contribution in [1.82, 2.24) is 4.98 Å². The maximum absolute atomic E-state index is 13.5. The summed E-state index contributed by atoms with van der Waals surface area (Å²) in [7, 11) is 0. The van der Waals surface area contributed by atoms with Gasteiger partial charge in [0.2, 0.25) is 0 Å². The molecule has 102 valence electrons. The summed E-state index contributed by atoms with van der Waals surface area (Å²) in [5, 5.41) is 8.75. The zero-order valence-electron chi connectivity index (χ0n) is 11.0. The third kappa shape index (κ3) is 3.69. The Morgan fingerprint density at radius 1 is 1.35 bits per heavy atom. The van der Waals surface area contributed by atoms with Crippen molar-refractivity contribution < 1.29 is 4.39 Å². The first-order chi connectivity index (χ1) is 9.69. The average Bonchev–Trinajstić information content (AvgIpc) is 2.43. The molecule has 0 atom stereocenters. The Bertz CT molecular complexity index is 587. The molecule has 0 saturated heterocycles. The van der Waals surface area contributed by atoms with Gasteiger partial charge in [-0.15, -0.1) is 0 Å². The minimum atomic E-state index is -0.381. The second-order valence-electron chi connectivity index (χ2n) is 4.43. The van der Waals surface area contributed by atoms with E-state index in [0.717, 1.165) is 5.56 Å². The van der Waals surface area contributed by atoms with Gasteiger partial charge in [-0.1, -0.05) is 6.07 Å². The monoisotopic (exact) mass is 270 g/mol. The van der Waals surface area contributed by atoms with E-state index in [0.29, 0.717) is 30.9 Å². The number of nitrogens with two attached hydrogens (primary N) is 1. The van der Waals surface area contributed by atoms with Gasteiger partial charge in [0, 0.05) is 36.9 Å². The number of rotatable bonds is 5. The fourth-order valence-corrected chi connectivity index (χ4v) is 1.98. The number of hydrogen-bond donors (Lipinski definition) is 1. The van der Waals surface area contributed by atoms with Gasteiger partial charge in [0.15, 0.2) is 0 Å². The Morgan fingerprint density at radius 2 is 2.20 bits per heavy atom. The van der Waals surface area contributed by atoms with Crippen LogP contribution in [0.15, 0.2) is 42.7 Å². The van der Waals surface area contributed by atoms with Gasteiger partial charge in [-0.25, -0.2) is 4.39 Å². The van der Waals surface area contributed by atoms with Crippen LogP contribution >= 0.6 is 0 Å². The highest BCUT2D eigenvalue weighted by Crippen LogP contribution is 2.22. The van der Waals surface area contributed by atoms with Crippen LogP contribution in [0.25, 0.3) is 0 Å². The van der Waals surface area contributed by atoms with Crippen molar-refractivity contribution in [2.75, 3.05) is 17.2 Å². The van der Waals surface area contributed by atoms with E-state index in [9.17, 15) is 4.39 Å². The molecule has 5 heteroatoms. The molecule has 0 aliphatic heterocycles. The van der Waals surface area contributed by atoms with E-state index in [1.54, 1.807) is 18.5 Å². The number of aromatic nitrogens is 1. The quantitative estimate of drug-likeness (QED) is 0.848. The second-order valence-corrected chi connectivity index (χ2v) is 4.43. The molecular weight excluding hydrogens is 255 g/mol. The van der Waals surface area contributed by atoms with Gasteiger partial charge in [-0.05, 0) is 29.8 Å².